The number of hydrogen-bond donors (Lipinski definition) is 8. The van der Waals surface area contributed by atoms with Crippen LogP contribution in [-0.2, 0) is 14.2 Å². The highest BCUT2D eigenvalue weighted by Crippen LogP contribution is 2.40. The first-order valence-electron chi connectivity index (χ1n) is 11.6. The molecule has 0 spiro atoms. The largest absolute Gasteiger partial charge is 0.394 e. The van der Waals surface area contributed by atoms with Crippen LogP contribution in [0.4, 0.5) is 0 Å². The molecule has 0 radical (unpaired) electrons. The molecule has 36 heavy (non-hydrogen) atoms. The summed E-state index contributed by atoms with van der Waals surface area (Å²) in [5, 5.41) is 84.3. The van der Waals surface area contributed by atoms with Gasteiger partial charge in [0.1, 0.15) is 54.9 Å². The van der Waals surface area contributed by atoms with Gasteiger partial charge >= 0.3 is 0 Å². The predicted molar refractivity (Wildman–Crippen MR) is 122 cm³/mol. The Hall–Kier alpha value is -2.00. The summed E-state index contributed by atoms with van der Waals surface area (Å²) >= 11 is 0. The minimum absolute atomic E-state index is 0.475. The fourth-order valence-corrected chi connectivity index (χ4v) is 4.67. The van der Waals surface area contributed by atoms with Crippen molar-refractivity contribution >= 4 is 0 Å². The van der Waals surface area contributed by atoms with Gasteiger partial charge in [0.25, 0.3) is 0 Å². The van der Waals surface area contributed by atoms with Gasteiger partial charge in [-0.2, -0.15) is 0 Å². The fourth-order valence-electron chi connectivity index (χ4n) is 4.67. The molecule has 10 atom stereocenters. The van der Waals surface area contributed by atoms with E-state index in [9.17, 15) is 40.9 Å². The number of aliphatic hydroxyl groups is 8. The summed E-state index contributed by atoms with van der Waals surface area (Å²) in [5.74, 6) is 0. The van der Waals surface area contributed by atoms with Gasteiger partial charge in [0.15, 0.2) is 11.9 Å². The smallest absolute Gasteiger partial charge is 0.193 e. The van der Waals surface area contributed by atoms with Gasteiger partial charge in [-0.05, 0) is 11.1 Å². The van der Waals surface area contributed by atoms with Crippen molar-refractivity contribution in [1.29, 1.82) is 0 Å². The second-order valence-electron chi connectivity index (χ2n) is 9.14. The van der Waals surface area contributed by atoms with Crippen molar-refractivity contribution in [3.63, 3.8) is 0 Å². The van der Waals surface area contributed by atoms with Crippen LogP contribution in [-0.4, -0.2) is 115 Å². The Morgan fingerprint density at radius 2 is 1.42 bits per heavy atom. The summed E-state index contributed by atoms with van der Waals surface area (Å²) in [5.41, 5.74) is -1.53. The van der Waals surface area contributed by atoms with Crippen LogP contribution >= 0.6 is 0 Å². The molecule has 1 unspecified atom stereocenters. The molecule has 0 aliphatic carbocycles. The van der Waals surface area contributed by atoms with Crippen molar-refractivity contribution in [1.82, 2.24) is 0 Å². The fraction of sp³-hybridized carbons (Fsp3) is 0.520. The third-order valence-electron chi connectivity index (χ3n) is 6.82. The second-order valence-corrected chi connectivity index (χ2v) is 9.14. The van der Waals surface area contributed by atoms with E-state index in [0.29, 0.717) is 11.1 Å². The van der Waals surface area contributed by atoms with Crippen LogP contribution in [0.2, 0.25) is 0 Å². The summed E-state index contributed by atoms with van der Waals surface area (Å²) in [6.45, 7) is -1.21. The molecule has 2 fully saturated rings. The van der Waals surface area contributed by atoms with Gasteiger partial charge in [0, 0.05) is 0 Å². The Morgan fingerprint density at radius 1 is 0.861 bits per heavy atom. The molecule has 0 bridgehead atoms. The van der Waals surface area contributed by atoms with Crippen molar-refractivity contribution in [3.05, 3.63) is 71.8 Å². The second kappa shape index (κ2) is 11.2. The van der Waals surface area contributed by atoms with E-state index in [1.54, 1.807) is 60.7 Å². The van der Waals surface area contributed by atoms with Crippen molar-refractivity contribution in [3.8, 4) is 0 Å². The average Bonchev–Trinajstić information content (AvgIpc) is 2.91. The molecule has 2 aromatic carbocycles. The lowest BCUT2D eigenvalue weighted by Gasteiger charge is -2.52. The maximum Gasteiger partial charge on any atom is 0.193 e. The van der Waals surface area contributed by atoms with E-state index in [-0.39, 0.29) is 0 Å². The third kappa shape index (κ3) is 4.93. The van der Waals surface area contributed by atoms with Gasteiger partial charge in [-0.3, -0.25) is 0 Å². The van der Waals surface area contributed by atoms with E-state index in [2.05, 4.69) is 0 Å². The zero-order chi connectivity index (χ0) is 26.0. The summed E-state index contributed by atoms with van der Waals surface area (Å²) in [4.78, 5) is 0. The predicted octanol–water partition coefficient (Wildman–Crippen LogP) is -2.19. The Balaban J connectivity index is 1.73. The van der Waals surface area contributed by atoms with Gasteiger partial charge in [0.05, 0.1) is 13.2 Å². The average molecular weight is 509 g/mol. The van der Waals surface area contributed by atoms with E-state index in [4.69, 9.17) is 14.2 Å². The molecule has 2 aliphatic rings. The Bertz CT molecular complexity index is 923. The first kappa shape index (κ1) is 27.0. The SMILES string of the molecule is OC[C@H]1O[C@H](OC(c2ccccc2)c2ccccc2)[C@@](O)(C(O)[C@H]2OC[C@H](O)[C@@H](O)[C@@H]2O)[C@@H](O)[C@@H]1O. The quantitative estimate of drug-likeness (QED) is 0.203. The highest BCUT2D eigenvalue weighted by Gasteiger charge is 2.63. The summed E-state index contributed by atoms with van der Waals surface area (Å²) in [6.07, 6.45) is -17.0. The molecule has 2 aliphatic heterocycles. The molecule has 11 nitrogen and oxygen atoms in total. The van der Waals surface area contributed by atoms with Crippen LogP contribution in [0.1, 0.15) is 17.2 Å². The van der Waals surface area contributed by atoms with Crippen LogP contribution in [0.25, 0.3) is 0 Å². The molecule has 8 N–H and O–H groups in total. The molecule has 0 saturated carbocycles. The molecular weight excluding hydrogens is 476 g/mol. The molecule has 0 amide bonds. The maximum atomic E-state index is 11.7. The standard InChI is InChI=1S/C25H32O11/c26-11-16-18(29)22(31)25(33,23(32)21-19(30)17(28)15(27)12-34-21)24(35-16)36-20(13-7-3-1-4-8-13)14-9-5-2-6-10-14/h1-10,15-24,26-33H,11-12H2/t15-,16+,17+,18+,19-,21-,22-,23?,24+,25-/m0/s1. The topological polar surface area (TPSA) is 190 Å². The van der Waals surface area contributed by atoms with Gasteiger partial charge in [0.2, 0.25) is 0 Å². The highest BCUT2D eigenvalue weighted by atomic mass is 16.7. The van der Waals surface area contributed by atoms with Gasteiger partial charge in [-0.1, -0.05) is 60.7 Å². The van der Waals surface area contributed by atoms with Gasteiger partial charge in [-0.25, -0.2) is 0 Å². The van der Waals surface area contributed by atoms with Crippen LogP contribution in [0.5, 0.6) is 0 Å². The molecular formula is C25H32O11. The lowest BCUT2D eigenvalue weighted by atomic mass is 9.77. The van der Waals surface area contributed by atoms with Crippen molar-refractivity contribution in [2.24, 2.45) is 0 Å². The van der Waals surface area contributed by atoms with E-state index in [1.165, 1.54) is 0 Å². The summed E-state index contributed by atoms with van der Waals surface area (Å²) in [6, 6.07) is 17.7. The first-order valence-corrected chi connectivity index (χ1v) is 11.6. The zero-order valence-electron chi connectivity index (χ0n) is 19.3. The minimum atomic E-state index is -2.81. The normalized spacial score (nSPS) is 38.1. The Labute approximate surface area is 207 Å². The zero-order valence-corrected chi connectivity index (χ0v) is 19.3. The van der Waals surface area contributed by atoms with Crippen molar-refractivity contribution in [2.45, 2.75) is 66.8 Å². The van der Waals surface area contributed by atoms with Crippen LogP contribution in [0.3, 0.4) is 0 Å². The number of hydrogen-bond acceptors (Lipinski definition) is 11. The molecule has 4 rings (SSSR count). The van der Waals surface area contributed by atoms with E-state index < -0.39 is 80.0 Å². The molecule has 198 valence electrons. The molecule has 2 heterocycles. The number of rotatable bonds is 7. The highest BCUT2D eigenvalue weighted by molar-refractivity contribution is 5.30. The molecule has 0 aromatic heterocycles. The van der Waals surface area contributed by atoms with E-state index in [1.807, 2.05) is 0 Å². The minimum Gasteiger partial charge on any atom is -0.394 e. The van der Waals surface area contributed by atoms with Crippen LogP contribution < -0.4 is 0 Å². The van der Waals surface area contributed by atoms with E-state index >= 15 is 0 Å². The maximum absolute atomic E-state index is 11.7. The monoisotopic (exact) mass is 508 g/mol. The van der Waals surface area contributed by atoms with Crippen molar-refractivity contribution in [2.75, 3.05) is 13.2 Å². The lowest BCUT2D eigenvalue weighted by Crippen LogP contribution is -2.75. The number of aliphatic hydroxyl groups excluding tert-OH is 7. The number of benzene rings is 2. The Morgan fingerprint density at radius 3 is 1.94 bits per heavy atom. The van der Waals surface area contributed by atoms with E-state index in [0.717, 1.165) is 0 Å². The number of ether oxygens (including phenoxy) is 3. The lowest BCUT2D eigenvalue weighted by molar-refractivity contribution is -0.378. The third-order valence-corrected chi connectivity index (χ3v) is 6.82. The molecule has 11 heteroatoms. The van der Waals surface area contributed by atoms with Crippen LogP contribution in [0.15, 0.2) is 60.7 Å². The van der Waals surface area contributed by atoms with Gasteiger partial charge in [-0.15, -0.1) is 0 Å². The molecule has 2 saturated heterocycles. The first-order chi connectivity index (χ1) is 17.2. The van der Waals surface area contributed by atoms with Crippen molar-refractivity contribution < 1.29 is 55.1 Å². The van der Waals surface area contributed by atoms with Gasteiger partial charge < -0.3 is 55.1 Å². The van der Waals surface area contributed by atoms with Crippen LogP contribution in [0, 0.1) is 0 Å². The molecule has 2 aromatic rings. The summed E-state index contributed by atoms with van der Waals surface area (Å²) in [7, 11) is 0. The summed E-state index contributed by atoms with van der Waals surface area (Å²) < 4.78 is 17.1. The Kier molecular flexibility index (Phi) is 8.39.